The zero-order chi connectivity index (χ0) is 19.3. The van der Waals surface area contributed by atoms with E-state index in [9.17, 15) is 4.79 Å². The van der Waals surface area contributed by atoms with Crippen LogP contribution in [0.15, 0.2) is 30.6 Å². The molecule has 1 heterocycles. The van der Waals surface area contributed by atoms with Crippen LogP contribution >= 0.6 is 0 Å². The average Bonchev–Trinajstić information content (AvgIpc) is 2.62. The second-order valence-electron chi connectivity index (χ2n) is 7.14. The van der Waals surface area contributed by atoms with Crippen LogP contribution in [0.4, 0.5) is 11.6 Å². The molecule has 0 aliphatic rings. The predicted octanol–water partition coefficient (Wildman–Crippen LogP) is 4.81. The molecule has 2 rings (SSSR count). The second kappa shape index (κ2) is 8.30. The van der Waals surface area contributed by atoms with Crippen LogP contribution < -0.4 is 4.90 Å². The van der Waals surface area contributed by atoms with Gasteiger partial charge < -0.3 is 9.64 Å². The number of rotatable bonds is 7. The van der Waals surface area contributed by atoms with Gasteiger partial charge >= 0.3 is 5.97 Å². The Kier molecular flexibility index (Phi) is 6.35. The van der Waals surface area contributed by atoms with Crippen LogP contribution in [0.3, 0.4) is 0 Å². The summed E-state index contributed by atoms with van der Waals surface area (Å²) in [4.78, 5) is 22.3. The molecule has 0 saturated heterocycles. The molecule has 0 fully saturated rings. The molecule has 0 bridgehead atoms. The zero-order valence-electron chi connectivity index (χ0n) is 16.7. The van der Waals surface area contributed by atoms with Gasteiger partial charge in [-0.25, -0.2) is 14.8 Å². The molecule has 1 aromatic heterocycles. The van der Waals surface area contributed by atoms with E-state index in [0.29, 0.717) is 11.5 Å². The topological polar surface area (TPSA) is 55.3 Å². The molecule has 0 atom stereocenters. The summed E-state index contributed by atoms with van der Waals surface area (Å²) in [6.45, 7) is 11.8. The molecule has 0 saturated carbocycles. The summed E-state index contributed by atoms with van der Waals surface area (Å²) < 4.78 is 4.70. The Morgan fingerprint density at radius 3 is 2.35 bits per heavy atom. The normalized spacial score (nSPS) is 11.3. The molecule has 2 aromatic rings. The van der Waals surface area contributed by atoms with Crippen molar-refractivity contribution < 1.29 is 9.53 Å². The van der Waals surface area contributed by atoms with Crippen molar-refractivity contribution >= 4 is 17.6 Å². The van der Waals surface area contributed by atoms with Gasteiger partial charge in [-0.1, -0.05) is 33.3 Å². The molecule has 0 spiro atoms. The molecule has 0 aliphatic heterocycles. The van der Waals surface area contributed by atoms with Gasteiger partial charge in [0.25, 0.3) is 0 Å². The number of nitrogens with zero attached hydrogens (tertiary/aromatic N) is 3. The summed E-state index contributed by atoms with van der Waals surface area (Å²) in [6, 6.07) is 6.53. The van der Waals surface area contributed by atoms with Crippen LogP contribution in [-0.2, 0) is 10.2 Å². The molecule has 0 unspecified atom stereocenters. The first kappa shape index (κ1) is 19.9. The van der Waals surface area contributed by atoms with Gasteiger partial charge in [-0.2, -0.15) is 0 Å². The predicted molar refractivity (Wildman–Crippen MR) is 105 cm³/mol. The van der Waals surface area contributed by atoms with Crippen molar-refractivity contribution in [3.05, 3.63) is 47.3 Å². The number of aromatic nitrogens is 2. The first-order chi connectivity index (χ1) is 12.3. The number of hydrogen-bond acceptors (Lipinski definition) is 5. The third-order valence-corrected chi connectivity index (χ3v) is 4.74. The Balaban J connectivity index is 2.33. The van der Waals surface area contributed by atoms with Gasteiger partial charge in [0.2, 0.25) is 5.95 Å². The molecule has 0 radical (unpaired) electrons. The third-order valence-electron chi connectivity index (χ3n) is 4.74. The minimum absolute atomic E-state index is 0.160. The van der Waals surface area contributed by atoms with Crippen molar-refractivity contribution in [2.45, 2.75) is 52.9 Å². The first-order valence-electron chi connectivity index (χ1n) is 9.13. The van der Waals surface area contributed by atoms with E-state index in [-0.39, 0.29) is 5.41 Å². The van der Waals surface area contributed by atoms with E-state index in [0.717, 1.165) is 25.1 Å². The lowest BCUT2D eigenvalue weighted by Crippen LogP contribution is -2.21. The summed E-state index contributed by atoms with van der Waals surface area (Å²) in [5.41, 5.74) is 4.20. The fourth-order valence-corrected chi connectivity index (χ4v) is 3.46. The smallest absolute Gasteiger partial charge is 0.341 e. The molecule has 0 N–H and O–H groups in total. The Bertz CT molecular complexity index is 754. The van der Waals surface area contributed by atoms with Gasteiger partial charge in [-0.05, 0) is 48.9 Å². The van der Waals surface area contributed by atoms with Crippen LogP contribution in [0.2, 0.25) is 0 Å². The van der Waals surface area contributed by atoms with Crippen molar-refractivity contribution in [2.75, 3.05) is 18.6 Å². The van der Waals surface area contributed by atoms with E-state index >= 15 is 0 Å². The van der Waals surface area contributed by atoms with Gasteiger partial charge in [-0.15, -0.1) is 0 Å². The van der Waals surface area contributed by atoms with Crippen LogP contribution in [0, 0.1) is 6.92 Å². The Morgan fingerprint density at radius 2 is 1.85 bits per heavy atom. The van der Waals surface area contributed by atoms with E-state index in [2.05, 4.69) is 62.8 Å². The SMILES string of the molecule is CCCC(C)(C)c1ccc(N(CC)c2ncc(C(=O)OC)cn2)cc1C. The maximum absolute atomic E-state index is 11.5. The van der Waals surface area contributed by atoms with Gasteiger partial charge in [0.1, 0.15) is 0 Å². The van der Waals surface area contributed by atoms with Crippen LogP contribution in [-0.4, -0.2) is 29.6 Å². The average molecular weight is 355 g/mol. The van der Waals surface area contributed by atoms with E-state index < -0.39 is 5.97 Å². The van der Waals surface area contributed by atoms with Crippen LogP contribution in [0.1, 0.15) is 62.0 Å². The standard InChI is InChI=1S/C21H29N3O2/c1-7-11-21(4,5)18-10-9-17(12-15(18)3)24(8-2)20-22-13-16(14-23-20)19(25)26-6/h9-10,12-14H,7-8,11H2,1-6H3. The molecule has 5 nitrogen and oxygen atoms in total. The Morgan fingerprint density at radius 1 is 1.19 bits per heavy atom. The number of aryl methyl sites for hydroxylation is 1. The number of anilines is 2. The summed E-state index contributed by atoms with van der Waals surface area (Å²) in [5, 5.41) is 0. The van der Waals surface area contributed by atoms with E-state index in [1.807, 2.05) is 4.90 Å². The number of ether oxygens (including phenoxy) is 1. The van der Waals surface area contributed by atoms with E-state index in [4.69, 9.17) is 4.74 Å². The highest BCUT2D eigenvalue weighted by atomic mass is 16.5. The highest BCUT2D eigenvalue weighted by Gasteiger charge is 2.22. The fourth-order valence-electron chi connectivity index (χ4n) is 3.46. The number of carbonyl (C=O) groups is 1. The monoisotopic (exact) mass is 355 g/mol. The van der Waals surface area contributed by atoms with E-state index in [1.54, 1.807) is 0 Å². The van der Waals surface area contributed by atoms with Crippen molar-refractivity contribution in [2.24, 2.45) is 0 Å². The number of esters is 1. The first-order valence-corrected chi connectivity index (χ1v) is 9.13. The number of benzene rings is 1. The van der Waals surface area contributed by atoms with Crippen molar-refractivity contribution in [3.63, 3.8) is 0 Å². The number of hydrogen-bond donors (Lipinski definition) is 0. The quantitative estimate of drug-likeness (QED) is 0.667. The molecule has 0 aliphatic carbocycles. The van der Waals surface area contributed by atoms with Gasteiger partial charge in [0, 0.05) is 24.6 Å². The van der Waals surface area contributed by atoms with Gasteiger partial charge in [-0.3, -0.25) is 0 Å². The minimum Gasteiger partial charge on any atom is -0.465 e. The molecule has 26 heavy (non-hydrogen) atoms. The van der Waals surface area contributed by atoms with Gasteiger partial charge in [0.15, 0.2) is 0 Å². The summed E-state index contributed by atoms with van der Waals surface area (Å²) >= 11 is 0. The van der Waals surface area contributed by atoms with Gasteiger partial charge in [0.05, 0.1) is 12.7 Å². The van der Waals surface area contributed by atoms with Crippen molar-refractivity contribution in [1.29, 1.82) is 0 Å². The van der Waals surface area contributed by atoms with E-state index in [1.165, 1.54) is 30.6 Å². The lowest BCUT2D eigenvalue weighted by Gasteiger charge is -2.28. The Hall–Kier alpha value is -2.43. The number of methoxy groups -OCH3 is 1. The lowest BCUT2D eigenvalue weighted by atomic mass is 9.78. The second-order valence-corrected chi connectivity index (χ2v) is 7.14. The number of carbonyl (C=O) groups excluding carboxylic acids is 1. The van der Waals surface area contributed by atoms with Crippen molar-refractivity contribution in [1.82, 2.24) is 9.97 Å². The molecule has 0 amide bonds. The summed E-state index contributed by atoms with van der Waals surface area (Å²) in [6.07, 6.45) is 5.32. The van der Waals surface area contributed by atoms with Crippen LogP contribution in [0.5, 0.6) is 0 Å². The molecule has 140 valence electrons. The molecular formula is C21H29N3O2. The maximum Gasteiger partial charge on any atom is 0.341 e. The minimum atomic E-state index is -0.432. The van der Waals surface area contributed by atoms with Crippen LogP contribution in [0.25, 0.3) is 0 Å². The molecular weight excluding hydrogens is 326 g/mol. The largest absolute Gasteiger partial charge is 0.465 e. The molecule has 5 heteroatoms. The van der Waals surface area contributed by atoms with Crippen molar-refractivity contribution in [3.8, 4) is 0 Å². The molecule has 1 aromatic carbocycles. The highest BCUT2D eigenvalue weighted by molar-refractivity contribution is 5.88. The lowest BCUT2D eigenvalue weighted by molar-refractivity contribution is 0.0600. The summed E-state index contributed by atoms with van der Waals surface area (Å²) in [5.74, 6) is 0.137. The maximum atomic E-state index is 11.5. The zero-order valence-corrected chi connectivity index (χ0v) is 16.7. The highest BCUT2D eigenvalue weighted by Crippen LogP contribution is 2.33. The summed E-state index contributed by atoms with van der Waals surface area (Å²) in [7, 11) is 1.35. The fraction of sp³-hybridized carbons (Fsp3) is 0.476. The Labute approximate surface area is 156 Å². The third kappa shape index (κ3) is 4.21.